The molecule has 6 heteroatoms. The fourth-order valence-electron chi connectivity index (χ4n) is 3.92. The molecular formula is C27H36O6. The lowest BCUT2D eigenvalue weighted by Gasteiger charge is -2.33. The largest absolute Gasteiger partial charge is 0.508 e. The molecule has 180 valence electrons. The summed E-state index contributed by atoms with van der Waals surface area (Å²) in [6.45, 7) is 14.3. The molecular weight excluding hydrogens is 420 g/mol. The molecule has 0 saturated carbocycles. The number of aromatic hydroxyl groups is 2. The number of phenols is 2. The molecule has 0 amide bonds. The van der Waals surface area contributed by atoms with Crippen LogP contribution in [0.15, 0.2) is 36.4 Å². The minimum Gasteiger partial charge on any atom is -0.508 e. The first-order valence-corrected chi connectivity index (χ1v) is 11.1. The van der Waals surface area contributed by atoms with E-state index in [0.717, 1.165) is 22.3 Å². The van der Waals surface area contributed by atoms with Crippen LogP contribution >= 0.6 is 0 Å². The van der Waals surface area contributed by atoms with Crippen molar-refractivity contribution in [1.82, 2.24) is 0 Å². The van der Waals surface area contributed by atoms with Gasteiger partial charge < -0.3 is 19.7 Å². The van der Waals surface area contributed by atoms with Crippen molar-refractivity contribution in [2.45, 2.75) is 71.1 Å². The molecule has 0 aromatic heterocycles. The van der Waals surface area contributed by atoms with Gasteiger partial charge in [0.25, 0.3) is 6.47 Å². The van der Waals surface area contributed by atoms with Gasteiger partial charge >= 0.3 is 5.97 Å². The highest BCUT2D eigenvalue weighted by Gasteiger charge is 2.35. The quantitative estimate of drug-likeness (QED) is 0.326. The van der Waals surface area contributed by atoms with Crippen LogP contribution in [0.25, 0.3) is 0 Å². The van der Waals surface area contributed by atoms with Gasteiger partial charge in [0.05, 0.1) is 6.42 Å². The lowest BCUT2D eigenvalue weighted by Crippen LogP contribution is -2.30. The number of esters is 1. The number of ether oxygens (including phenoxy) is 2. The summed E-state index contributed by atoms with van der Waals surface area (Å²) in [6, 6.07) is 10.8. The summed E-state index contributed by atoms with van der Waals surface area (Å²) < 4.78 is 9.91. The maximum absolute atomic E-state index is 12.8. The number of hydrogen-bond donors (Lipinski definition) is 2. The van der Waals surface area contributed by atoms with E-state index in [1.165, 1.54) is 0 Å². The molecule has 2 aromatic carbocycles. The Balaban J connectivity index is 2.61. The number of rotatable bonds is 8. The third kappa shape index (κ3) is 6.28. The number of carbonyl (C=O) groups is 2. The molecule has 0 fully saturated rings. The molecule has 0 heterocycles. The van der Waals surface area contributed by atoms with E-state index >= 15 is 0 Å². The monoisotopic (exact) mass is 456 g/mol. The summed E-state index contributed by atoms with van der Waals surface area (Å²) in [7, 11) is 0. The molecule has 0 radical (unpaired) electrons. The van der Waals surface area contributed by atoms with Crippen LogP contribution in [0, 0.1) is 0 Å². The zero-order chi connectivity index (χ0) is 25.0. The van der Waals surface area contributed by atoms with Crippen molar-refractivity contribution in [3.63, 3.8) is 0 Å². The van der Waals surface area contributed by atoms with E-state index in [-0.39, 0.29) is 42.0 Å². The van der Waals surface area contributed by atoms with E-state index in [0.29, 0.717) is 6.47 Å². The number of carbonyl (C=O) groups excluding carboxylic acids is 2. The van der Waals surface area contributed by atoms with Gasteiger partial charge in [-0.3, -0.25) is 9.59 Å². The maximum Gasteiger partial charge on any atom is 0.307 e. The summed E-state index contributed by atoms with van der Waals surface area (Å²) in [5, 5.41) is 21.0. The van der Waals surface area contributed by atoms with Crippen molar-refractivity contribution in [2.24, 2.45) is 0 Å². The second kappa shape index (κ2) is 9.86. The van der Waals surface area contributed by atoms with Gasteiger partial charge in [-0.2, -0.15) is 0 Å². The van der Waals surface area contributed by atoms with Crippen LogP contribution in [-0.2, 0) is 35.3 Å². The van der Waals surface area contributed by atoms with Gasteiger partial charge in [0.1, 0.15) is 24.7 Å². The Labute approximate surface area is 196 Å². The zero-order valence-electron chi connectivity index (χ0n) is 20.7. The predicted octanol–water partition coefficient (Wildman–Crippen LogP) is 5.11. The van der Waals surface area contributed by atoms with Crippen molar-refractivity contribution in [3.05, 3.63) is 58.7 Å². The van der Waals surface area contributed by atoms with E-state index in [2.05, 4.69) is 4.74 Å². The van der Waals surface area contributed by atoms with E-state index in [1.807, 2.05) is 72.7 Å². The van der Waals surface area contributed by atoms with Crippen LogP contribution in [0.1, 0.15) is 77.1 Å². The topological polar surface area (TPSA) is 93.1 Å². The normalized spacial score (nSPS) is 12.3. The molecule has 0 bridgehead atoms. The summed E-state index contributed by atoms with van der Waals surface area (Å²) in [5.41, 5.74) is 1.82. The summed E-state index contributed by atoms with van der Waals surface area (Å²) in [6.07, 6.45) is 0.0246. The minimum atomic E-state index is -0.802. The number of hydrogen-bond acceptors (Lipinski definition) is 6. The fraction of sp³-hybridized carbons (Fsp3) is 0.481. The standard InChI is InChI=1S/C27H36O6/c1-25(2,3)20-14-18(8-10-22(20)29)27(7,16-24(31)33-13-12-32-17-28)19-9-11-23(30)21(15-19)26(4,5)6/h8-11,14-15,17,29-30H,12-13,16H2,1-7H3. The Kier molecular flexibility index (Phi) is 7.83. The van der Waals surface area contributed by atoms with Gasteiger partial charge in [-0.1, -0.05) is 72.7 Å². The zero-order valence-corrected chi connectivity index (χ0v) is 20.7. The predicted molar refractivity (Wildman–Crippen MR) is 128 cm³/mol. The second-order valence-corrected chi connectivity index (χ2v) is 10.7. The molecule has 0 aliphatic heterocycles. The van der Waals surface area contributed by atoms with Crippen LogP contribution in [-0.4, -0.2) is 35.9 Å². The van der Waals surface area contributed by atoms with Gasteiger partial charge in [-0.05, 0) is 45.2 Å². The van der Waals surface area contributed by atoms with Crippen LogP contribution in [0.5, 0.6) is 11.5 Å². The Morgan fingerprint density at radius 1 is 0.818 bits per heavy atom. The lowest BCUT2D eigenvalue weighted by molar-refractivity contribution is -0.148. The maximum atomic E-state index is 12.8. The molecule has 2 N–H and O–H groups in total. The molecule has 0 atom stereocenters. The first-order chi connectivity index (χ1) is 15.2. The molecule has 33 heavy (non-hydrogen) atoms. The van der Waals surface area contributed by atoms with Gasteiger partial charge in [0.15, 0.2) is 0 Å². The Morgan fingerprint density at radius 3 is 1.67 bits per heavy atom. The summed E-state index contributed by atoms with van der Waals surface area (Å²) >= 11 is 0. The summed E-state index contributed by atoms with van der Waals surface area (Å²) in [4.78, 5) is 23.1. The Morgan fingerprint density at radius 2 is 1.27 bits per heavy atom. The second-order valence-electron chi connectivity index (χ2n) is 10.7. The van der Waals surface area contributed by atoms with Crippen molar-refractivity contribution in [3.8, 4) is 11.5 Å². The van der Waals surface area contributed by atoms with E-state index in [9.17, 15) is 19.8 Å². The number of benzene rings is 2. The average molecular weight is 457 g/mol. The van der Waals surface area contributed by atoms with Crippen LogP contribution in [0.4, 0.5) is 0 Å². The van der Waals surface area contributed by atoms with Gasteiger partial charge in [-0.15, -0.1) is 0 Å². The van der Waals surface area contributed by atoms with Crippen LogP contribution < -0.4 is 0 Å². The summed E-state index contributed by atoms with van der Waals surface area (Å²) in [5.74, 6) is -0.0469. The molecule has 2 aromatic rings. The van der Waals surface area contributed by atoms with E-state index in [1.54, 1.807) is 12.1 Å². The Bertz CT molecular complexity index is 931. The highest BCUT2D eigenvalue weighted by molar-refractivity contribution is 5.73. The first-order valence-electron chi connectivity index (χ1n) is 11.1. The van der Waals surface area contributed by atoms with Gasteiger partial charge in [0, 0.05) is 5.41 Å². The van der Waals surface area contributed by atoms with Gasteiger partial charge in [0.2, 0.25) is 0 Å². The highest BCUT2D eigenvalue weighted by atomic mass is 16.6. The van der Waals surface area contributed by atoms with Crippen LogP contribution in [0.3, 0.4) is 0 Å². The first kappa shape index (κ1) is 26.2. The molecule has 6 nitrogen and oxygen atoms in total. The SMILES string of the molecule is CC(C)(C)c1cc(C(C)(CC(=O)OCCOC=O)c2ccc(O)c(C(C)(C)C)c2)ccc1O. The molecule has 2 rings (SSSR count). The number of phenolic OH excluding ortho intramolecular Hbond substituents is 2. The van der Waals surface area contributed by atoms with Crippen LogP contribution in [0.2, 0.25) is 0 Å². The lowest BCUT2D eigenvalue weighted by atomic mass is 9.70. The minimum absolute atomic E-state index is 0.00722. The third-order valence-electron chi connectivity index (χ3n) is 5.91. The average Bonchev–Trinajstić information content (AvgIpc) is 2.70. The van der Waals surface area contributed by atoms with E-state index in [4.69, 9.17) is 4.74 Å². The molecule has 0 saturated heterocycles. The van der Waals surface area contributed by atoms with Crippen molar-refractivity contribution in [1.29, 1.82) is 0 Å². The Hall–Kier alpha value is -3.02. The third-order valence-corrected chi connectivity index (χ3v) is 5.91. The van der Waals surface area contributed by atoms with Crippen molar-refractivity contribution >= 4 is 12.4 Å². The van der Waals surface area contributed by atoms with E-state index < -0.39 is 11.4 Å². The smallest absolute Gasteiger partial charge is 0.307 e. The molecule has 0 unspecified atom stereocenters. The fourth-order valence-corrected chi connectivity index (χ4v) is 3.92. The van der Waals surface area contributed by atoms with Crippen molar-refractivity contribution in [2.75, 3.05) is 13.2 Å². The molecule has 0 spiro atoms. The molecule has 0 aliphatic rings. The highest BCUT2D eigenvalue weighted by Crippen LogP contribution is 2.42. The van der Waals surface area contributed by atoms with Gasteiger partial charge in [-0.25, -0.2) is 0 Å². The van der Waals surface area contributed by atoms with Crippen molar-refractivity contribution < 1.29 is 29.3 Å². The molecule has 0 aliphatic carbocycles.